The van der Waals surface area contributed by atoms with Crippen LogP contribution in [0.1, 0.15) is 24.2 Å². The number of carbonyl (C=O) groups excluding carboxylic acids is 1. The average molecular weight is 334 g/mol. The van der Waals surface area contributed by atoms with E-state index in [9.17, 15) is 4.79 Å². The Morgan fingerprint density at radius 2 is 1.55 bits per heavy atom. The van der Waals surface area contributed by atoms with Crippen LogP contribution in [0.3, 0.4) is 0 Å². The Bertz CT molecular complexity index is 521. The van der Waals surface area contributed by atoms with Crippen molar-refractivity contribution >= 4 is 5.78 Å². The third-order valence-electron chi connectivity index (χ3n) is 2.90. The smallest absolute Gasteiger partial charge is 0.216 e. The largest absolute Gasteiger partial charge is 1.00 e. The molecule has 0 spiro atoms. The molecular weight excluding hydrogens is 314 g/mol. The summed E-state index contributed by atoms with van der Waals surface area (Å²) >= 11 is 0. The van der Waals surface area contributed by atoms with Gasteiger partial charge in [-0.05, 0) is 25.7 Å². The van der Waals surface area contributed by atoms with Crippen molar-refractivity contribution < 1.29 is 26.3 Å². The quantitative estimate of drug-likeness (QED) is 0.398. The third-order valence-corrected chi connectivity index (χ3v) is 2.90. The lowest BCUT2D eigenvalue weighted by Crippen LogP contribution is -3.00. The number of benzene rings is 1. The van der Waals surface area contributed by atoms with Crippen molar-refractivity contribution in [2.75, 3.05) is 26.7 Å². The summed E-state index contributed by atoms with van der Waals surface area (Å²) < 4.78 is 0.537. The van der Waals surface area contributed by atoms with E-state index in [2.05, 4.69) is 23.7 Å². The summed E-state index contributed by atoms with van der Waals surface area (Å²) in [7, 11) is 2.02. The van der Waals surface area contributed by atoms with Crippen LogP contribution in [0, 0.1) is 23.7 Å². The number of Topliss-reactive ketones (excluding diaryl/α,β-unsaturated/α-hetero) is 1. The van der Waals surface area contributed by atoms with Gasteiger partial charge in [0.25, 0.3) is 0 Å². The number of halogens is 1. The highest BCUT2D eigenvalue weighted by Crippen LogP contribution is 2.07. The lowest BCUT2D eigenvalue weighted by atomic mass is 10.1. The Balaban J connectivity index is 0.00000361. The molecule has 0 bridgehead atoms. The Morgan fingerprint density at radius 1 is 1.05 bits per heavy atom. The molecule has 0 amide bonds. The minimum atomic E-state index is 0. The van der Waals surface area contributed by atoms with Crippen LogP contribution in [0.2, 0.25) is 0 Å². The number of carbonyl (C=O) groups is 1. The number of hydrogen-bond acceptors (Lipinski definition) is 1. The van der Waals surface area contributed by atoms with Gasteiger partial charge in [-0.1, -0.05) is 30.3 Å². The SMILES string of the molecule is CC#CC[N+](C)(CC#CC)CC(=O)c1ccccc1.[Br-]. The summed E-state index contributed by atoms with van der Waals surface area (Å²) in [5, 5.41) is 0. The fraction of sp³-hybridized carbons (Fsp3) is 0.353. The summed E-state index contributed by atoms with van der Waals surface area (Å²) in [6.45, 7) is 5.34. The van der Waals surface area contributed by atoms with Crippen molar-refractivity contribution in [1.82, 2.24) is 0 Å². The molecule has 0 saturated heterocycles. The molecule has 0 fully saturated rings. The monoisotopic (exact) mass is 333 g/mol. The molecule has 0 aliphatic carbocycles. The Morgan fingerprint density at radius 3 is 2.00 bits per heavy atom. The van der Waals surface area contributed by atoms with E-state index < -0.39 is 0 Å². The summed E-state index contributed by atoms with van der Waals surface area (Å²) in [4.78, 5) is 12.3. The second-order valence-corrected chi connectivity index (χ2v) is 4.74. The van der Waals surface area contributed by atoms with Crippen LogP contribution in [0.15, 0.2) is 30.3 Å². The molecule has 0 N–H and O–H groups in total. The van der Waals surface area contributed by atoms with Crippen LogP contribution in [0.4, 0.5) is 0 Å². The van der Waals surface area contributed by atoms with Gasteiger partial charge >= 0.3 is 0 Å². The molecule has 0 radical (unpaired) electrons. The van der Waals surface area contributed by atoms with Crippen LogP contribution in [0.25, 0.3) is 0 Å². The zero-order chi connectivity index (χ0) is 14.1. The number of hydrogen-bond donors (Lipinski definition) is 0. The van der Waals surface area contributed by atoms with Gasteiger partial charge in [-0.3, -0.25) is 9.28 Å². The number of rotatable bonds is 5. The zero-order valence-corrected chi connectivity index (χ0v) is 13.8. The summed E-state index contributed by atoms with van der Waals surface area (Å²) in [6.07, 6.45) is 0. The molecule has 2 nitrogen and oxygen atoms in total. The average Bonchev–Trinajstić information content (AvgIpc) is 2.44. The Labute approximate surface area is 132 Å². The van der Waals surface area contributed by atoms with E-state index in [0.29, 0.717) is 24.1 Å². The van der Waals surface area contributed by atoms with Crippen molar-refractivity contribution in [2.24, 2.45) is 0 Å². The molecule has 1 rings (SSSR count). The molecule has 106 valence electrons. The molecule has 0 aliphatic rings. The van der Waals surface area contributed by atoms with E-state index in [1.807, 2.05) is 51.2 Å². The molecule has 0 atom stereocenters. The van der Waals surface area contributed by atoms with E-state index in [-0.39, 0.29) is 22.8 Å². The van der Waals surface area contributed by atoms with Gasteiger partial charge in [0.1, 0.15) is 19.6 Å². The molecule has 0 unspecified atom stereocenters. The molecule has 0 aliphatic heterocycles. The summed E-state index contributed by atoms with van der Waals surface area (Å²) in [6, 6.07) is 9.38. The highest BCUT2D eigenvalue weighted by Gasteiger charge is 2.24. The molecule has 0 aromatic heterocycles. The minimum Gasteiger partial charge on any atom is -1.00 e. The standard InChI is InChI=1S/C17H20NO.BrH/c1-4-6-13-18(3,14-7-5-2)15-17(19)16-11-9-8-10-12-16;/h8-12H,13-15H2,1-3H3;1H/q+1;/p-1. The lowest BCUT2D eigenvalue weighted by Gasteiger charge is -2.29. The van der Waals surface area contributed by atoms with Gasteiger partial charge < -0.3 is 17.0 Å². The van der Waals surface area contributed by atoms with Gasteiger partial charge in [0.05, 0.1) is 7.05 Å². The maximum Gasteiger partial charge on any atom is 0.216 e. The van der Waals surface area contributed by atoms with E-state index in [0.717, 1.165) is 5.56 Å². The zero-order valence-electron chi connectivity index (χ0n) is 12.2. The van der Waals surface area contributed by atoms with E-state index in [1.165, 1.54) is 0 Å². The van der Waals surface area contributed by atoms with Gasteiger partial charge in [0.2, 0.25) is 5.78 Å². The first-order valence-corrected chi connectivity index (χ1v) is 6.32. The predicted octanol–water partition coefficient (Wildman–Crippen LogP) is -0.633. The van der Waals surface area contributed by atoms with Crippen molar-refractivity contribution in [1.29, 1.82) is 0 Å². The highest BCUT2D eigenvalue weighted by molar-refractivity contribution is 5.96. The first kappa shape index (κ1) is 18.4. The number of likely N-dealkylation sites (N-methyl/N-ethyl adjacent to an activating group) is 1. The van der Waals surface area contributed by atoms with Crippen LogP contribution >= 0.6 is 0 Å². The second-order valence-electron chi connectivity index (χ2n) is 4.74. The molecule has 1 aromatic carbocycles. The van der Waals surface area contributed by atoms with Crippen molar-refractivity contribution in [3.8, 4) is 23.7 Å². The van der Waals surface area contributed by atoms with E-state index in [4.69, 9.17) is 0 Å². The molecule has 3 heteroatoms. The third kappa shape index (κ3) is 6.06. The normalized spacial score (nSPS) is 9.35. The Kier molecular flexibility index (Phi) is 8.64. The maximum absolute atomic E-state index is 12.3. The number of ketones is 1. The first-order valence-electron chi connectivity index (χ1n) is 6.32. The Hall–Kier alpha value is -1.55. The number of nitrogens with zero attached hydrogens (tertiary/aromatic N) is 1. The van der Waals surface area contributed by atoms with Crippen LogP contribution in [0.5, 0.6) is 0 Å². The fourth-order valence-corrected chi connectivity index (χ4v) is 1.77. The maximum atomic E-state index is 12.3. The highest BCUT2D eigenvalue weighted by atomic mass is 79.9. The first-order chi connectivity index (χ1) is 9.11. The van der Waals surface area contributed by atoms with Gasteiger partial charge in [0, 0.05) is 5.56 Å². The van der Waals surface area contributed by atoms with Crippen molar-refractivity contribution in [3.63, 3.8) is 0 Å². The summed E-state index contributed by atoms with van der Waals surface area (Å²) in [5.74, 6) is 12.0. The second kappa shape index (κ2) is 9.37. The molecule has 0 heterocycles. The van der Waals surface area contributed by atoms with Gasteiger partial charge in [-0.25, -0.2) is 0 Å². The van der Waals surface area contributed by atoms with Crippen molar-refractivity contribution in [3.05, 3.63) is 35.9 Å². The predicted molar refractivity (Wildman–Crippen MR) is 78.5 cm³/mol. The minimum absolute atomic E-state index is 0. The summed E-state index contributed by atoms with van der Waals surface area (Å²) in [5.41, 5.74) is 0.751. The number of quaternary nitrogens is 1. The van der Waals surface area contributed by atoms with Crippen LogP contribution in [-0.2, 0) is 0 Å². The lowest BCUT2D eigenvalue weighted by molar-refractivity contribution is -0.887. The molecule has 1 aromatic rings. The van der Waals surface area contributed by atoms with Crippen LogP contribution in [-0.4, -0.2) is 36.9 Å². The van der Waals surface area contributed by atoms with Gasteiger partial charge in [0.15, 0.2) is 0 Å². The fourth-order valence-electron chi connectivity index (χ4n) is 1.77. The van der Waals surface area contributed by atoms with E-state index in [1.54, 1.807) is 0 Å². The molecule has 20 heavy (non-hydrogen) atoms. The van der Waals surface area contributed by atoms with Gasteiger partial charge in [-0.15, -0.1) is 11.8 Å². The van der Waals surface area contributed by atoms with Gasteiger partial charge in [-0.2, -0.15) is 0 Å². The van der Waals surface area contributed by atoms with Crippen LogP contribution < -0.4 is 17.0 Å². The molecule has 0 saturated carbocycles. The topological polar surface area (TPSA) is 17.1 Å². The van der Waals surface area contributed by atoms with E-state index >= 15 is 0 Å². The molecular formula is C17H20BrNO. The van der Waals surface area contributed by atoms with Crippen molar-refractivity contribution in [2.45, 2.75) is 13.8 Å².